The van der Waals surface area contributed by atoms with Gasteiger partial charge < -0.3 is 9.73 Å². The molecule has 0 aliphatic heterocycles. The Balaban J connectivity index is 1.32. The van der Waals surface area contributed by atoms with Gasteiger partial charge >= 0.3 is 6.18 Å². The van der Waals surface area contributed by atoms with Crippen molar-refractivity contribution in [1.82, 2.24) is 15.2 Å². The van der Waals surface area contributed by atoms with Crippen LogP contribution in [0.4, 0.5) is 46.4 Å². The molecule has 7 rings (SSSR count). The number of alkyl halides is 3. The summed E-state index contributed by atoms with van der Waals surface area (Å²) in [5.41, 5.74) is -2.84. The van der Waals surface area contributed by atoms with E-state index in [1.807, 2.05) is 5.32 Å². The molecule has 0 spiro atoms. The van der Waals surface area contributed by atoms with Crippen LogP contribution in [0.25, 0.3) is 32.3 Å². The zero-order valence-electron chi connectivity index (χ0n) is 26.6. The van der Waals surface area contributed by atoms with Gasteiger partial charge in [-0.1, -0.05) is 23.7 Å². The standard InChI is InChI=1S/C36H17ClF7N5O3S2/c37-21-5-4-18(34-48-46-16-52-34)13-20(21)27-9-11-29(54-27)49(28-10-8-26(53-28)17-2-1-3-19(12-17)36(42,43)44)35(51)31-22(38)6-7-25(32(31)41)47-33(50)30-23(39)14-45-15-24(30)40/h1-16H,(H,47,50). The summed E-state index contributed by atoms with van der Waals surface area (Å²) in [4.78, 5) is 32.1. The van der Waals surface area contributed by atoms with E-state index in [9.17, 15) is 31.5 Å². The van der Waals surface area contributed by atoms with E-state index in [1.165, 1.54) is 30.3 Å². The summed E-state index contributed by atoms with van der Waals surface area (Å²) in [6.45, 7) is 0. The van der Waals surface area contributed by atoms with E-state index in [1.54, 1.807) is 24.3 Å². The molecule has 0 saturated heterocycles. The minimum Gasteiger partial charge on any atom is -0.423 e. The number of carbonyl (C=O) groups is 2. The van der Waals surface area contributed by atoms with Crippen LogP contribution in [-0.4, -0.2) is 27.0 Å². The van der Waals surface area contributed by atoms with Gasteiger partial charge in [-0.15, -0.1) is 32.9 Å². The molecule has 0 fully saturated rings. The average molecular weight is 800 g/mol. The molecule has 0 aliphatic rings. The van der Waals surface area contributed by atoms with E-state index in [0.717, 1.165) is 52.2 Å². The van der Waals surface area contributed by atoms with Crippen molar-refractivity contribution < 1.29 is 44.7 Å². The van der Waals surface area contributed by atoms with Crippen LogP contribution in [0.2, 0.25) is 5.02 Å². The zero-order valence-corrected chi connectivity index (χ0v) is 29.0. The van der Waals surface area contributed by atoms with E-state index in [-0.39, 0.29) is 31.4 Å². The summed E-state index contributed by atoms with van der Waals surface area (Å²) < 4.78 is 106. The Hall–Kier alpha value is -5.91. The molecule has 54 heavy (non-hydrogen) atoms. The number of thiophene rings is 2. The Morgan fingerprint density at radius 2 is 1.48 bits per heavy atom. The number of carbonyl (C=O) groups excluding carboxylic acids is 2. The van der Waals surface area contributed by atoms with Crippen LogP contribution in [0.3, 0.4) is 0 Å². The number of anilines is 3. The highest BCUT2D eigenvalue weighted by atomic mass is 35.5. The molecule has 4 heterocycles. The average Bonchev–Trinajstić information content (AvgIpc) is 3.94. The highest BCUT2D eigenvalue weighted by molar-refractivity contribution is 7.22. The molecule has 0 radical (unpaired) electrons. The highest BCUT2D eigenvalue weighted by Gasteiger charge is 2.33. The Morgan fingerprint density at radius 1 is 0.778 bits per heavy atom. The maximum absolute atomic E-state index is 16.1. The van der Waals surface area contributed by atoms with Gasteiger partial charge in [-0.2, -0.15) is 13.2 Å². The Morgan fingerprint density at radius 3 is 2.17 bits per heavy atom. The second-order valence-electron chi connectivity index (χ2n) is 11.1. The Labute approximate surface area is 312 Å². The number of hydrogen-bond acceptors (Lipinski definition) is 8. The molecule has 0 unspecified atom stereocenters. The second kappa shape index (κ2) is 14.5. The van der Waals surface area contributed by atoms with E-state index in [2.05, 4.69) is 15.2 Å². The van der Waals surface area contributed by atoms with Gasteiger partial charge in [0.15, 0.2) is 17.5 Å². The lowest BCUT2D eigenvalue weighted by Gasteiger charge is -2.21. The number of nitrogens with one attached hydrogen (secondary N) is 1. The molecule has 18 heteroatoms. The van der Waals surface area contributed by atoms with Gasteiger partial charge in [-0.05, 0) is 72.3 Å². The number of pyridine rings is 1. The van der Waals surface area contributed by atoms with E-state index >= 15 is 8.78 Å². The van der Waals surface area contributed by atoms with Gasteiger partial charge in [0.1, 0.15) is 26.9 Å². The first-order chi connectivity index (χ1) is 25.8. The van der Waals surface area contributed by atoms with Crippen LogP contribution >= 0.6 is 34.3 Å². The normalized spacial score (nSPS) is 11.5. The first-order valence-electron chi connectivity index (χ1n) is 15.2. The SMILES string of the molecule is O=C(Nc1ccc(F)c(C(=O)N(c2ccc(-c3cccc(C(F)(F)F)c3)s2)c2ccc(-c3cc(-c4nnco4)ccc3Cl)s2)c1F)c1c(F)cncc1F. The number of rotatable bonds is 8. The lowest BCUT2D eigenvalue weighted by molar-refractivity contribution is -0.137. The molecular formula is C36H17ClF7N5O3S2. The number of amides is 2. The van der Waals surface area contributed by atoms with Crippen LogP contribution in [0.15, 0.2) is 102 Å². The van der Waals surface area contributed by atoms with E-state index < -0.39 is 63.6 Å². The molecule has 0 atom stereocenters. The van der Waals surface area contributed by atoms with Gasteiger partial charge in [-0.3, -0.25) is 19.5 Å². The van der Waals surface area contributed by atoms with Crippen LogP contribution < -0.4 is 10.2 Å². The van der Waals surface area contributed by atoms with Gasteiger partial charge in [-0.25, -0.2) is 17.6 Å². The van der Waals surface area contributed by atoms with Crippen LogP contribution in [0.1, 0.15) is 26.3 Å². The van der Waals surface area contributed by atoms with E-state index in [0.29, 0.717) is 34.5 Å². The first kappa shape index (κ1) is 36.4. The Kier molecular flexibility index (Phi) is 9.78. The topological polar surface area (TPSA) is 101 Å². The molecule has 7 aromatic rings. The third kappa shape index (κ3) is 7.07. The molecule has 272 valence electrons. The fourth-order valence-electron chi connectivity index (χ4n) is 5.27. The summed E-state index contributed by atoms with van der Waals surface area (Å²) in [5.74, 6) is -8.20. The number of hydrogen-bond donors (Lipinski definition) is 1. The fraction of sp³-hybridized carbons (Fsp3) is 0.0278. The number of halogens is 8. The largest absolute Gasteiger partial charge is 0.423 e. The highest BCUT2D eigenvalue weighted by Crippen LogP contribution is 2.45. The van der Waals surface area contributed by atoms with Crippen molar-refractivity contribution in [3.8, 4) is 32.3 Å². The van der Waals surface area contributed by atoms with Gasteiger partial charge in [0.2, 0.25) is 12.3 Å². The molecule has 0 aliphatic carbocycles. The molecule has 4 aromatic heterocycles. The summed E-state index contributed by atoms with van der Waals surface area (Å²) in [7, 11) is 0. The number of aromatic nitrogens is 3. The summed E-state index contributed by atoms with van der Waals surface area (Å²) in [6, 6.07) is 16.6. The van der Waals surface area contributed by atoms with Crippen molar-refractivity contribution in [3.05, 3.63) is 143 Å². The fourth-order valence-corrected chi connectivity index (χ4v) is 7.67. The molecule has 0 saturated carbocycles. The number of nitrogens with zero attached hydrogens (tertiary/aromatic N) is 4. The second-order valence-corrected chi connectivity index (χ2v) is 13.7. The molecular weight excluding hydrogens is 783 g/mol. The smallest absolute Gasteiger partial charge is 0.416 e. The van der Waals surface area contributed by atoms with E-state index in [4.69, 9.17) is 16.0 Å². The predicted octanol–water partition coefficient (Wildman–Crippen LogP) is 11.0. The lowest BCUT2D eigenvalue weighted by atomic mass is 10.1. The van der Waals surface area contributed by atoms with Gasteiger partial charge in [0.25, 0.3) is 11.8 Å². The van der Waals surface area contributed by atoms with Crippen molar-refractivity contribution in [3.63, 3.8) is 0 Å². The van der Waals surface area contributed by atoms with Gasteiger partial charge in [0, 0.05) is 25.9 Å². The minimum absolute atomic E-state index is 0.0423. The molecule has 1 N–H and O–H groups in total. The molecule has 8 nitrogen and oxygen atoms in total. The zero-order chi connectivity index (χ0) is 38.3. The van der Waals surface area contributed by atoms with Crippen molar-refractivity contribution in [1.29, 1.82) is 0 Å². The van der Waals surface area contributed by atoms with Crippen molar-refractivity contribution >= 4 is 61.8 Å². The first-order valence-corrected chi connectivity index (χ1v) is 17.2. The summed E-state index contributed by atoms with van der Waals surface area (Å²) in [5, 5.41) is 9.94. The van der Waals surface area contributed by atoms with Crippen LogP contribution in [0.5, 0.6) is 0 Å². The van der Waals surface area contributed by atoms with Crippen molar-refractivity contribution in [2.75, 3.05) is 10.2 Å². The Bertz CT molecular complexity index is 2540. The maximum Gasteiger partial charge on any atom is 0.416 e. The van der Waals surface area contributed by atoms with Gasteiger partial charge in [0.05, 0.1) is 23.6 Å². The molecule has 0 bridgehead atoms. The maximum atomic E-state index is 16.1. The summed E-state index contributed by atoms with van der Waals surface area (Å²) >= 11 is 8.37. The van der Waals surface area contributed by atoms with Crippen LogP contribution in [0, 0.1) is 23.3 Å². The quantitative estimate of drug-likeness (QED) is 0.154. The predicted molar refractivity (Wildman–Crippen MR) is 188 cm³/mol. The monoisotopic (exact) mass is 799 g/mol. The summed E-state index contributed by atoms with van der Waals surface area (Å²) in [6.07, 6.45) is -2.38. The molecule has 2 amide bonds. The lowest BCUT2D eigenvalue weighted by Crippen LogP contribution is -2.27. The van der Waals surface area contributed by atoms with Crippen LogP contribution in [-0.2, 0) is 6.18 Å². The third-order valence-corrected chi connectivity index (χ3v) is 10.3. The van der Waals surface area contributed by atoms with Crippen molar-refractivity contribution in [2.45, 2.75) is 6.18 Å². The van der Waals surface area contributed by atoms with Crippen molar-refractivity contribution in [2.24, 2.45) is 0 Å². The third-order valence-electron chi connectivity index (χ3n) is 7.77. The molecule has 3 aromatic carbocycles. The minimum atomic E-state index is -4.64. The number of benzene rings is 3.